The van der Waals surface area contributed by atoms with Gasteiger partial charge in [-0.2, -0.15) is 0 Å². The number of aromatic hydroxyl groups is 1. The number of rotatable bonds is 9. The molecule has 0 radical (unpaired) electrons. The normalized spacial score (nSPS) is 11.1. The van der Waals surface area contributed by atoms with Crippen LogP contribution < -0.4 is 9.47 Å². The molecule has 0 aromatic heterocycles. The molecule has 0 fully saturated rings. The molecular weight excluding hydrogens is 433 g/mol. The minimum atomic E-state index is 0. The van der Waals surface area contributed by atoms with Crippen LogP contribution in [0.2, 0.25) is 5.02 Å². The van der Waals surface area contributed by atoms with Crippen LogP contribution in [0.15, 0.2) is 12.1 Å². The zero-order valence-corrected chi connectivity index (χ0v) is 21.6. The maximum Gasteiger partial charge on any atom is 0.127 e. The summed E-state index contributed by atoms with van der Waals surface area (Å²) in [6, 6.07) is 4.04. The predicted octanol–water partition coefficient (Wildman–Crippen LogP) is 6.73. The Morgan fingerprint density at radius 3 is 2.26 bits per heavy atom. The van der Waals surface area contributed by atoms with Crippen molar-refractivity contribution in [1.29, 1.82) is 0 Å². The number of hydrogen-bond donors (Lipinski definition) is 1. The van der Waals surface area contributed by atoms with Gasteiger partial charge in [-0.3, -0.25) is 4.90 Å². The smallest absolute Gasteiger partial charge is 0.127 e. The van der Waals surface area contributed by atoms with E-state index in [1.54, 1.807) is 7.11 Å². The molecular formula is C25H37Cl2NO3. The number of halogens is 2. The third-order valence-corrected chi connectivity index (χ3v) is 6.36. The third kappa shape index (κ3) is 6.21. The fourth-order valence-corrected chi connectivity index (χ4v) is 3.91. The molecule has 0 bridgehead atoms. The van der Waals surface area contributed by atoms with Crippen LogP contribution in [0.3, 0.4) is 0 Å². The molecule has 2 rings (SSSR count). The van der Waals surface area contributed by atoms with Gasteiger partial charge in [0.15, 0.2) is 0 Å². The van der Waals surface area contributed by atoms with E-state index in [0.29, 0.717) is 24.8 Å². The van der Waals surface area contributed by atoms with E-state index in [0.717, 1.165) is 63.0 Å². The van der Waals surface area contributed by atoms with Gasteiger partial charge in [0.1, 0.15) is 23.9 Å². The summed E-state index contributed by atoms with van der Waals surface area (Å²) in [6.07, 6.45) is 0. The molecule has 2 aromatic rings. The van der Waals surface area contributed by atoms with Gasteiger partial charge in [-0.25, -0.2) is 0 Å². The van der Waals surface area contributed by atoms with Crippen LogP contribution in [0.1, 0.15) is 60.1 Å². The summed E-state index contributed by atoms with van der Waals surface area (Å²) < 4.78 is 11.9. The van der Waals surface area contributed by atoms with E-state index in [2.05, 4.69) is 25.7 Å². The van der Waals surface area contributed by atoms with Crippen molar-refractivity contribution in [2.75, 3.05) is 26.8 Å². The highest BCUT2D eigenvalue weighted by molar-refractivity contribution is 6.31. The largest absolute Gasteiger partial charge is 0.507 e. The third-order valence-electron chi connectivity index (χ3n) is 5.95. The van der Waals surface area contributed by atoms with Gasteiger partial charge < -0.3 is 14.6 Å². The van der Waals surface area contributed by atoms with Crippen molar-refractivity contribution in [2.24, 2.45) is 0 Å². The topological polar surface area (TPSA) is 41.9 Å². The van der Waals surface area contributed by atoms with Gasteiger partial charge in [0.05, 0.1) is 7.11 Å². The maximum absolute atomic E-state index is 10.5. The molecule has 31 heavy (non-hydrogen) atoms. The van der Waals surface area contributed by atoms with Crippen molar-refractivity contribution >= 4 is 24.0 Å². The van der Waals surface area contributed by atoms with E-state index < -0.39 is 0 Å². The van der Waals surface area contributed by atoms with Gasteiger partial charge in [0, 0.05) is 23.7 Å². The number of phenolic OH excluding ortho intramolecular Hbond substituents is 1. The molecule has 0 atom stereocenters. The van der Waals surface area contributed by atoms with Gasteiger partial charge in [0.2, 0.25) is 0 Å². The Hall–Kier alpha value is -1.62. The van der Waals surface area contributed by atoms with Gasteiger partial charge in [-0.15, -0.1) is 12.4 Å². The van der Waals surface area contributed by atoms with Crippen molar-refractivity contribution in [2.45, 2.75) is 60.9 Å². The van der Waals surface area contributed by atoms with Gasteiger partial charge in [0.25, 0.3) is 0 Å². The summed E-state index contributed by atoms with van der Waals surface area (Å²) in [5.74, 6) is 2.46. The average Bonchev–Trinajstić information content (AvgIpc) is 2.71. The Morgan fingerprint density at radius 1 is 1.06 bits per heavy atom. The Labute approximate surface area is 198 Å². The van der Waals surface area contributed by atoms with Gasteiger partial charge in [-0.05, 0) is 80.1 Å². The molecule has 0 spiro atoms. The van der Waals surface area contributed by atoms with Crippen LogP contribution in [0, 0.1) is 27.7 Å². The molecule has 0 unspecified atom stereocenters. The summed E-state index contributed by atoms with van der Waals surface area (Å²) in [4.78, 5) is 2.30. The number of ether oxygens (including phenoxy) is 2. The molecule has 6 heteroatoms. The van der Waals surface area contributed by atoms with E-state index in [1.165, 1.54) is 0 Å². The van der Waals surface area contributed by atoms with Crippen LogP contribution >= 0.6 is 24.0 Å². The highest BCUT2D eigenvalue weighted by atomic mass is 35.5. The van der Waals surface area contributed by atoms with Crippen molar-refractivity contribution in [3.63, 3.8) is 0 Å². The molecule has 2 aromatic carbocycles. The Balaban J connectivity index is 0.00000480. The van der Waals surface area contributed by atoms with E-state index in [1.807, 2.05) is 39.8 Å². The molecule has 0 aliphatic carbocycles. The summed E-state index contributed by atoms with van der Waals surface area (Å²) in [7, 11) is 1.69. The van der Waals surface area contributed by atoms with E-state index >= 15 is 0 Å². The lowest BCUT2D eigenvalue weighted by Gasteiger charge is -2.25. The Kier molecular flexibility index (Phi) is 10.5. The second-order valence-electron chi connectivity index (χ2n) is 8.25. The monoisotopic (exact) mass is 469 g/mol. The number of nitrogens with zero attached hydrogens (tertiary/aromatic N) is 1. The number of methoxy groups -OCH3 is 1. The summed E-state index contributed by atoms with van der Waals surface area (Å²) in [6.45, 7) is 17.2. The number of likely N-dealkylation sites (N-methyl/N-ethyl adjacent to an activating group) is 1. The van der Waals surface area contributed by atoms with Crippen LogP contribution in [0.5, 0.6) is 17.2 Å². The van der Waals surface area contributed by atoms with E-state index in [-0.39, 0.29) is 12.4 Å². The van der Waals surface area contributed by atoms with Crippen molar-refractivity contribution < 1.29 is 14.6 Å². The Morgan fingerprint density at radius 2 is 1.71 bits per heavy atom. The predicted molar refractivity (Wildman–Crippen MR) is 133 cm³/mol. The highest BCUT2D eigenvalue weighted by Gasteiger charge is 2.19. The second kappa shape index (κ2) is 11.8. The lowest BCUT2D eigenvalue weighted by Crippen LogP contribution is -2.28. The van der Waals surface area contributed by atoms with Crippen molar-refractivity contribution in [3.05, 3.63) is 50.5 Å². The maximum atomic E-state index is 10.5. The van der Waals surface area contributed by atoms with Crippen molar-refractivity contribution in [3.8, 4) is 17.2 Å². The molecule has 0 aliphatic heterocycles. The Bertz CT molecular complexity index is 897. The quantitative estimate of drug-likeness (QED) is 0.441. The lowest BCUT2D eigenvalue weighted by atomic mass is 9.97. The van der Waals surface area contributed by atoms with E-state index in [9.17, 15) is 5.11 Å². The van der Waals surface area contributed by atoms with Crippen LogP contribution in [0.4, 0.5) is 0 Å². The summed E-state index contributed by atoms with van der Waals surface area (Å²) >= 11 is 6.31. The molecule has 4 nitrogen and oxygen atoms in total. The molecule has 0 amide bonds. The minimum absolute atomic E-state index is 0. The lowest BCUT2D eigenvalue weighted by molar-refractivity contribution is 0.206. The number of aryl methyl sites for hydroxylation is 1. The van der Waals surface area contributed by atoms with Crippen LogP contribution in [-0.2, 0) is 6.54 Å². The first-order valence-electron chi connectivity index (χ1n) is 10.6. The fraction of sp³-hybridized carbons (Fsp3) is 0.520. The van der Waals surface area contributed by atoms with Gasteiger partial charge in [-0.1, -0.05) is 32.4 Å². The number of hydrogen-bond acceptors (Lipinski definition) is 4. The molecule has 0 heterocycles. The zero-order valence-electron chi connectivity index (χ0n) is 20.1. The van der Waals surface area contributed by atoms with Gasteiger partial charge >= 0.3 is 0 Å². The molecule has 0 saturated carbocycles. The number of phenols is 1. The average molecular weight is 470 g/mol. The molecule has 1 N–H and O–H groups in total. The standard InChI is InChI=1S/C25H36ClNO3.ClH/c1-9-27(14-21-19(7)24(28)17(5)18(6)25(21)29-8)10-11-30-23-12-16(4)22(26)13-20(23)15(2)3;/h12-13,15,28H,9-11,14H2,1-8H3;1H. The molecule has 0 aliphatic rings. The highest BCUT2D eigenvalue weighted by Crippen LogP contribution is 2.37. The first-order valence-corrected chi connectivity index (χ1v) is 11.0. The molecule has 0 saturated heterocycles. The first-order chi connectivity index (χ1) is 14.1. The second-order valence-corrected chi connectivity index (χ2v) is 8.65. The minimum Gasteiger partial charge on any atom is -0.507 e. The zero-order chi connectivity index (χ0) is 22.6. The van der Waals surface area contributed by atoms with E-state index in [4.69, 9.17) is 21.1 Å². The first kappa shape index (κ1) is 27.4. The van der Waals surface area contributed by atoms with Crippen LogP contribution in [0.25, 0.3) is 0 Å². The molecule has 174 valence electrons. The SMILES string of the molecule is CCN(CCOc1cc(C)c(Cl)cc1C(C)C)Cc1c(C)c(O)c(C)c(C)c1OC.Cl. The van der Waals surface area contributed by atoms with Crippen molar-refractivity contribution in [1.82, 2.24) is 4.90 Å². The summed E-state index contributed by atoms with van der Waals surface area (Å²) in [5, 5.41) is 11.3. The summed E-state index contributed by atoms with van der Waals surface area (Å²) in [5.41, 5.74) is 5.93. The fourth-order valence-electron chi connectivity index (χ4n) is 3.74. The number of benzene rings is 2. The van der Waals surface area contributed by atoms with Crippen LogP contribution in [-0.4, -0.2) is 36.8 Å².